The normalized spacial score (nSPS) is 13.0. The number of benzene rings is 1. The molecular weight excluding hydrogens is 330 g/mol. The zero-order chi connectivity index (χ0) is 16.1. The zero-order valence-electron chi connectivity index (χ0n) is 12.4. The van der Waals surface area contributed by atoms with Crippen LogP contribution in [0.15, 0.2) is 65.6 Å². The minimum absolute atomic E-state index is 0.0245. The smallest absolute Gasteiger partial charge is 0.215 e. The molecule has 1 N–H and O–H groups in total. The van der Waals surface area contributed by atoms with Gasteiger partial charge in [0.2, 0.25) is 10.0 Å². The van der Waals surface area contributed by atoms with E-state index in [-0.39, 0.29) is 18.3 Å². The van der Waals surface area contributed by atoms with Gasteiger partial charge < -0.3 is 0 Å². The first-order chi connectivity index (χ1) is 11.1. The number of aromatic nitrogens is 2. The Bertz CT molecular complexity index is 779. The molecule has 2 aromatic heterocycles. The summed E-state index contributed by atoms with van der Waals surface area (Å²) in [6, 6.07) is 12.8. The van der Waals surface area contributed by atoms with Crippen LogP contribution in [0.1, 0.15) is 17.2 Å². The minimum Gasteiger partial charge on any atom is -0.264 e. The van der Waals surface area contributed by atoms with E-state index in [1.54, 1.807) is 22.2 Å². The summed E-state index contributed by atoms with van der Waals surface area (Å²) >= 11 is 1.58. The van der Waals surface area contributed by atoms with Crippen LogP contribution in [-0.4, -0.2) is 24.7 Å². The van der Waals surface area contributed by atoms with Gasteiger partial charge in [-0.15, -0.1) is 0 Å². The molecule has 0 saturated heterocycles. The van der Waals surface area contributed by atoms with Crippen LogP contribution in [0.3, 0.4) is 0 Å². The van der Waals surface area contributed by atoms with E-state index in [2.05, 4.69) is 9.82 Å². The summed E-state index contributed by atoms with van der Waals surface area (Å²) in [5.41, 5.74) is 1.81. The predicted octanol–water partition coefficient (Wildman–Crippen LogP) is 2.65. The van der Waals surface area contributed by atoms with Crippen LogP contribution in [0.25, 0.3) is 0 Å². The van der Waals surface area contributed by atoms with Crippen molar-refractivity contribution in [2.24, 2.45) is 0 Å². The number of thiophene rings is 1. The van der Waals surface area contributed by atoms with E-state index in [4.69, 9.17) is 0 Å². The highest BCUT2D eigenvalue weighted by molar-refractivity contribution is 7.88. The quantitative estimate of drug-likeness (QED) is 0.715. The molecule has 0 spiro atoms. The number of hydrogen-bond acceptors (Lipinski definition) is 4. The van der Waals surface area contributed by atoms with Gasteiger partial charge in [-0.3, -0.25) is 4.68 Å². The molecule has 0 fully saturated rings. The maximum atomic E-state index is 12.3. The Morgan fingerprint density at radius 3 is 2.65 bits per heavy atom. The van der Waals surface area contributed by atoms with Crippen molar-refractivity contribution in [3.63, 3.8) is 0 Å². The lowest BCUT2D eigenvalue weighted by molar-refractivity contribution is 0.506. The SMILES string of the molecule is O=S(=O)(Cc1ccccc1)NCC(c1ccsc1)n1cccn1. The third-order valence-corrected chi connectivity index (χ3v) is 5.49. The van der Waals surface area contributed by atoms with Crippen LogP contribution in [0.2, 0.25) is 0 Å². The van der Waals surface area contributed by atoms with Gasteiger partial charge in [-0.1, -0.05) is 30.3 Å². The van der Waals surface area contributed by atoms with Crippen molar-refractivity contribution in [3.8, 4) is 0 Å². The number of rotatable bonds is 7. The van der Waals surface area contributed by atoms with E-state index in [1.807, 2.05) is 59.4 Å². The molecule has 2 heterocycles. The third kappa shape index (κ3) is 4.28. The van der Waals surface area contributed by atoms with Crippen molar-refractivity contribution in [3.05, 3.63) is 76.7 Å². The molecule has 0 amide bonds. The molecule has 1 aromatic carbocycles. The van der Waals surface area contributed by atoms with Crippen molar-refractivity contribution in [2.45, 2.75) is 11.8 Å². The van der Waals surface area contributed by atoms with Gasteiger partial charge in [-0.25, -0.2) is 13.1 Å². The Balaban J connectivity index is 1.71. The van der Waals surface area contributed by atoms with E-state index in [1.165, 1.54) is 0 Å². The van der Waals surface area contributed by atoms with Crippen LogP contribution >= 0.6 is 11.3 Å². The molecule has 0 saturated carbocycles. The fourth-order valence-electron chi connectivity index (χ4n) is 2.34. The van der Waals surface area contributed by atoms with Crippen LogP contribution in [0, 0.1) is 0 Å². The van der Waals surface area contributed by atoms with Gasteiger partial charge in [0, 0.05) is 18.9 Å². The Hall–Kier alpha value is -1.96. The third-order valence-electron chi connectivity index (χ3n) is 3.47. The fourth-order valence-corrected chi connectivity index (χ4v) is 4.20. The fraction of sp³-hybridized carbons (Fsp3) is 0.188. The summed E-state index contributed by atoms with van der Waals surface area (Å²) in [6.45, 7) is 0.271. The van der Waals surface area contributed by atoms with Crippen LogP contribution in [-0.2, 0) is 15.8 Å². The number of sulfonamides is 1. The van der Waals surface area contributed by atoms with E-state index < -0.39 is 10.0 Å². The van der Waals surface area contributed by atoms with Gasteiger partial charge in [0.15, 0.2) is 0 Å². The van der Waals surface area contributed by atoms with Crippen LogP contribution < -0.4 is 4.72 Å². The standard InChI is InChI=1S/C16H17N3O2S2/c20-23(21,13-14-5-2-1-3-6-14)18-11-16(15-7-10-22-12-15)19-9-4-8-17-19/h1-10,12,16,18H,11,13H2. The van der Waals surface area contributed by atoms with Gasteiger partial charge in [0.25, 0.3) is 0 Å². The highest BCUT2D eigenvalue weighted by atomic mass is 32.2. The Morgan fingerprint density at radius 1 is 1.17 bits per heavy atom. The number of nitrogens with zero attached hydrogens (tertiary/aromatic N) is 2. The van der Waals surface area contributed by atoms with E-state index in [0.29, 0.717) is 0 Å². The Kier molecular flexibility index (Phi) is 4.90. The molecule has 7 heteroatoms. The second kappa shape index (κ2) is 7.08. The highest BCUT2D eigenvalue weighted by Gasteiger charge is 2.19. The molecule has 0 radical (unpaired) electrons. The maximum Gasteiger partial charge on any atom is 0.215 e. The first kappa shape index (κ1) is 15.9. The molecule has 0 aliphatic carbocycles. The second-order valence-electron chi connectivity index (χ2n) is 5.15. The van der Waals surface area contributed by atoms with Crippen molar-refractivity contribution >= 4 is 21.4 Å². The average Bonchev–Trinajstić information content (AvgIpc) is 3.21. The minimum atomic E-state index is -3.40. The van der Waals surface area contributed by atoms with E-state index >= 15 is 0 Å². The number of nitrogens with one attached hydrogen (secondary N) is 1. The lowest BCUT2D eigenvalue weighted by atomic mass is 10.1. The summed E-state index contributed by atoms with van der Waals surface area (Å²) in [4.78, 5) is 0. The highest BCUT2D eigenvalue weighted by Crippen LogP contribution is 2.20. The molecule has 0 aliphatic heterocycles. The molecule has 3 rings (SSSR count). The van der Waals surface area contributed by atoms with Crippen LogP contribution in [0.4, 0.5) is 0 Å². The van der Waals surface area contributed by atoms with Gasteiger partial charge in [0.05, 0.1) is 11.8 Å². The van der Waals surface area contributed by atoms with E-state index in [0.717, 1.165) is 11.1 Å². The Labute approximate surface area is 139 Å². The molecule has 3 aromatic rings. The first-order valence-corrected chi connectivity index (χ1v) is 9.76. The largest absolute Gasteiger partial charge is 0.264 e. The van der Waals surface area contributed by atoms with Crippen molar-refractivity contribution in [2.75, 3.05) is 6.54 Å². The molecule has 0 bridgehead atoms. The van der Waals surface area contributed by atoms with Crippen molar-refractivity contribution in [1.82, 2.24) is 14.5 Å². The molecule has 1 atom stereocenters. The second-order valence-corrected chi connectivity index (χ2v) is 7.74. The molecule has 23 heavy (non-hydrogen) atoms. The summed E-state index contributed by atoms with van der Waals surface area (Å²) in [6.07, 6.45) is 3.53. The Morgan fingerprint density at radius 2 is 2.00 bits per heavy atom. The number of hydrogen-bond donors (Lipinski definition) is 1. The average molecular weight is 347 g/mol. The molecular formula is C16H17N3O2S2. The lowest BCUT2D eigenvalue weighted by Gasteiger charge is -2.17. The van der Waals surface area contributed by atoms with Gasteiger partial charge in [0.1, 0.15) is 0 Å². The predicted molar refractivity (Wildman–Crippen MR) is 91.8 cm³/mol. The lowest BCUT2D eigenvalue weighted by Crippen LogP contribution is -2.32. The molecule has 120 valence electrons. The summed E-state index contributed by atoms with van der Waals surface area (Å²) in [5.74, 6) is -0.0245. The van der Waals surface area contributed by atoms with Crippen molar-refractivity contribution < 1.29 is 8.42 Å². The monoisotopic (exact) mass is 347 g/mol. The summed E-state index contributed by atoms with van der Waals surface area (Å²) in [5, 5.41) is 8.23. The maximum absolute atomic E-state index is 12.3. The zero-order valence-corrected chi connectivity index (χ0v) is 14.0. The molecule has 1 unspecified atom stereocenters. The topological polar surface area (TPSA) is 64.0 Å². The van der Waals surface area contributed by atoms with E-state index in [9.17, 15) is 8.42 Å². The van der Waals surface area contributed by atoms with Gasteiger partial charge in [-0.05, 0) is 34.0 Å². The van der Waals surface area contributed by atoms with Crippen molar-refractivity contribution in [1.29, 1.82) is 0 Å². The summed E-state index contributed by atoms with van der Waals surface area (Å²) < 4.78 is 29.1. The van der Waals surface area contributed by atoms with Gasteiger partial charge in [-0.2, -0.15) is 16.4 Å². The van der Waals surface area contributed by atoms with Crippen LogP contribution in [0.5, 0.6) is 0 Å². The first-order valence-electron chi connectivity index (χ1n) is 7.16. The molecule has 0 aliphatic rings. The molecule has 5 nitrogen and oxygen atoms in total. The summed E-state index contributed by atoms with van der Waals surface area (Å²) in [7, 11) is -3.40. The van der Waals surface area contributed by atoms with Gasteiger partial charge >= 0.3 is 0 Å².